The Balaban J connectivity index is 1.37. The number of H-pyrrole nitrogens is 1. The molecule has 0 bridgehead atoms. The molecule has 140 valence electrons. The molecule has 26 heavy (non-hydrogen) atoms. The van der Waals surface area contributed by atoms with Crippen LogP contribution in [0.5, 0.6) is 0 Å². The van der Waals surface area contributed by atoms with E-state index < -0.39 is 0 Å². The summed E-state index contributed by atoms with van der Waals surface area (Å²) < 4.78 is 5.66. The number of aromatic nitrogens is 5. The highest BCUT2D eigenvalue weighted by Crippen LogP contribution is 2.28. The Labute approximate surface area is 153 Å². The third-order valence-electron chi connectivity index (χ3n) is 5.34. The first-order valence-corrected chi connectivity index (χ1v) is 9.08. The van der Waals surface area contributed by atoms with Crippen molar-refractivity contribution < 1.29 is 4.74 Å². The summed E-state index contributed by atoms with van der Waals surface area (Å²) in [5.41, 5.74) is 2.08. The minimum atomic E-state index is 0.130. The molecule has 2 aliphatic heterocycles. The van der Waals surface area contributed by atoms with E-state index in [1.54, 1.807) is 13.3 Å². The molecule has 2 atom stereocenters. The van der Waals surface area contributed by atoms with Crippen molar-refractivity contribution in [2.75, 3.05) is 58.3 Å². The van der Waals surface area contributed by atoms with E-state index >= 15 is 0 Å². The van der Waals surface area contributed by atoms with Crippen molar-refractivity contribution in [3.05, 3.63) is 29.8 Å². The highest BCUT2D eigenvalue weighted by Gasteiger charge is 2.35. The van der Waals surface area contributed by atoms with Gasteiger partial charge in [0.1, 0.15) is 0 Å². The van der Waals surface area contributed by atoms with Crippen molar-refractivity contribution in [3.8, 4) is 0 Å². The van der Waals surface area contributed by atoms with Gasteiger partial charge in [0.15, 0.2) is 0 Å². The van der Waals surface area contributed by atoms with E-state index in [0.29, 0.717) is 0 Å². The van der Waals surface area contributed by atoms with Crippen LogP contribution in [0.1, 0.15) is 17.2 Å². The van der Waals surface area contributed by atoms with Gasteiger partial charge in [-0.05, 0) is 7.05 Å². The molecule has 0 radical (unpaired) electrons. The fourth-order valence-electron chi connectivity index (χ4n) is 3.75. The van der Waals surface area contributed by atoms with Crippen LogP contribution >= 0.6 is 0 Å². The Hall–Kier alpha value is -2.10. The molecule has 0 spiro atoms. The van der Waals surface area contributed by atoms with Crippen LogP contribution in [0.15, 0.2) is 18.6 Å². The molecule has 9 heteroatoms. The van der Waals surface area contributed by atoms with Crippen LogP contribution in [0, 0.1) is 0 Å². The molecular weight excluding hydrogens is 332 g/mol. The third-order valence-corrected chi connectivity index (χ3v) is 5.34. The van der Waals surface area contributed by atoms with E-state index in [1.807, 2.05) is 12.4 Å². The van der Waals surface area contributed by atoms with Gasteiger partial charge in [-0.25, -0.2) is 9.97 Å². The molecule has 0 unspecified atom stereocenters. The number of methoxy groups -OCH3 is 1. The molecular formula is C17H26N8O. The zero-order valence-electron chi connectivity index (χ0n) is 15.4. The fraction of sp³-hybridized carbons (Fsp3) is 0.647. The van der Waals surface area contributed by atoms with Crippen molar-refractivity contribution in [1.82, 2.24) is 35.2 Å². The Bertz CT molecular complexity index is 683. The Morgan fingerprint density at radius 3 is 2.54 bits per heavy atom. The maximum Gasteiger partial charge on any atom is 0.225 e. The number of aromatic amines is 1. The molecule has 2 aromatic rings. The van der Waals surface area contributed by atoms with Crippen LogP contribution in [-0.4, -0.2) is 94.7 Å². The van der Waals surface area contributed by atoms with Crippen molar-refractivity contribution in [3.63, 3.8) is 0 Å². The zero-order chi connectivity index (χ0) is 17.9. The SMILES string of the molecule is CO[C@@H]1CN(Cc2cnc(N3CCN(C)CC3)nc2)C[C@H]1c1cn[nH]n1. The molecule has 0 aliphatic carbocycles. The monoisotopic (exact) mass is 358 g/mol. The number of ether oxygens (including phenoxy) is 1. The first-order valence-electron chi connectivity index (χ1n) is 9.08. The summed E-state index contributed by atoms with van der Waals surface area (Å²) >= 11 is 0. The average Bonchev–Trinajstić information content (AvgIpc) is 3.32. The summed E-state index contributed by atoms with van der Waals surface area (Å²) in [6.45, 7) is 6.66. The summed E-state index contributed by atoms with van der Waals surface area (Å²) in [6.07, 6.45) is 5.82. The molecule has 2 aliphatic rings. The predicted molar refractivity (Wildman–Crippen MR) is 96.9 cm³/mol. The molecule has 4 rings (SSSR count). The first-order chi connectivity index (χ1) is 12.7. The van der Waals surface area contributed by atoms with Crippen molar-refractivity contribution in [2.45, 2.75) is 18.6 Å². The lowest BCUT2D eigenvalue weighted by molar-refractivity contribution is 0.0957. The van der Waals surface area contributed by atoms with Gasteiger partial charge < -0.3 is 14.5 Å². The summed E-state index contributed by atoms with van der Waals surface area (Å²) in [4.78, 5) is 16.1. The van der Waals surface area contributed by atoms with Crippen LogP contribution in [0.25, 0.3) is 0 Å². The van der Waals surface area contributed by atoms with Crippen LogP contribution in [0.3, 0.4) is 0 Å². The molecule has 2 aromatic heterocycles. The van der Waals surface area contributed by atoms with Gasteiger partial charge in [0, 0.05) is 76.8 Å². The van der Waals surface area contributed by atoms with Crippen molar-refractivity contribution >= 4 is 5.95 Å². The smallest absolute Gasteiger partial charge is 0.225 e. The highest BCUT2D eigenvalue weighted by atomic mass is 16.5. The third kappa shape index (κ3) is 3.69. The van der Waals surface area contributed by atoms with Gasteiger partial charge in [-0.3, -0.25) is 4.90 Å². The largest absolute Gasteiger partial charge is 0.379 e. The minimum Gasteiger partial charge on any atom is -0.379 e. The summed E-state index contributed by atoms with van der Waals surface area (Å²) in [5, 5.41) is 10.8. The minimum absolute atomic E-state index is 0.130. The lowest BCUT2D eigenvalue weighted by Gasteiger charge is -2.32. The second kappa shape index (κ2) is 7.65. The molecule has 0 saturated carbocycles. The normalized spacial score (nSPS) is 25.1. The second-order valence-corrected chi connectivity index (χ2v) is 7.15. The lowest BCUT2D eigenvalue weighted by atomic mass is 10.0. The van der Waals surface area contributed by atoms with E-state index in [0.717, 1.165) is 63.0 Å². The van der Waals surface area contributed by atoms with Gasteiger partial charge in [0.25, 0.3) is 0 Å². The van der Waals surface area contributed by atoms with Crippen molar-refractivity contribution in [2.24, 2.45) is 0 Å². The molecule has 0 amide bonds. The first kappa shape index (κ1) is 17.3. The van der Waals surface area contributed by atoms with Gasteiger partial charge in [-0.2, -0.15) is 15.4 Å². The fourth-order valence-corrected chi connectivity index (χ4v) is 3.75. The molecule has 2 fully saturated rings. The van der Waals surface area contributed by atoms with E-state index in [2.05, 4.69) is 47.1 Å². The number of nitrogens with one attached hydrogen (secondary N) is 1. The number of rotatable bonds is 5. The molecule has 2 saturated heterocycles. The van der Waals surface area contributed by atoms with Crippen molar-refractivity contribution in [1.29, 1.82) is 0 Å². The number of hydrogen-bond donors (Lipinski definition) is 1. The van der Waals surface area contributed by atoms with E-state index in [1.165, 1.54) is 0 Å². The van der Waals surface area contributed by atoms with E-state index in [4.69, 9.17) is 4.74 Å². The Morgan fingerprint density at radius 1 is 1.12 bits per heavy atom. The number of anilines is 1. The molecule has 4 heterocycles. The van der Waals surface area contributed by atoms with Gasteiger partial charge in [0.05, 0.1) is 18.0 Å². The zero-order valence-corrected chi connectivity index (χ0v) is 15.4. The highest BCUT2D eigenvalue weighted by molar-refractivity contribution is 5.30. The quantitative estimate of drug-likeness (QED) is 0.797. The number of hydrogen-bond acceptors (Lipinski definition) is 8. The standard InChI is InChI=1S/C17H26N8O/c1-23-3-5-25(6-4-23)17-18-7-13(8-19-17)10-24-11-14(16(12-24)26-2)15-9-20-22-21-15/h7-9,14,16H,3-6,10-12H2,1-2H3,(H,20,21,22)/t14-,16+/m0/s1. The van der Waals surface area contributed by atoms with Gasteiger partial charge in [-0.15, -0.1) is 0 Å². The van der Waals surface area contributed by atoms with Crippen LogP contribution in [0.4, 0.5) is 5.95 Å². The molecule has 1 N–H and O–H groups in total. The maximum atomic E-state index is 5.66. The molecule has 0 aromatic carbocycles. The predicted octanol–water partition coefficient (Wildman–Crippen LogP) is -0.0391. The summed E-state index contributed by atoms with van der Waals surface area (Å²) in [7, 11) is 3.91. The van der Waals surface area contributed by atoms with Crippen LogP contribution < -0.4 is 4.90 Å². The maximum absolute atomic E-state index is 5.66. The number of piperazine rings is 1. The Kier molecular flexibility index (Phi) is 5.09. The van der Waals surface area contributed by atoms with Gasteiger partial charge in [-0.1, -0.05) is 0 Å². The number of nitrogens with zero attached hydrogens (tertiary/aromatic N) is 7. The number of likely N-dealkylation sites (tertiary alicyclic amines) is 1. The lowest BCUT2D eigenvalue weighted by Crippen LogP contribution is -2.45. The van der Waals surface area contributed by atoms with Gasteiger partial charge in [0.2, 0.25) is 5.95 Å². The van der Waals surface area contributed by atoms with E-state index in [9.17, 15) is 0 Å². The second-order valence-electron chi connectivity index (χ2n) is 7.15. The average molecular weight is 358 g/mol. The van der Waals surface area contributed by atoms with E-state index in [-0.39, 0.29) is 12.0 Å². The van der Waals surface area contributed by atoms with Crippen LogP contribution in [-0.2, 0) is 11.3 Å². The Morgan fingerprint density at radius 2 is 1.88 bits per heavy atom. The molecule has 9 nitrogen and oxygen atoms in total. The summed E-state index contributed by atoms with van der Waals surface area (Å²) in [6, 6.07) is 0. The topological polar surface area (TPSA) is 86.3 Å². The van der Waals surface area contributed by atoms with Crippen LogP contribution in [0.2, 0.25) is 0 Å². The number of likely N-dealkylation sites (N-methyl/N-ethyl adjacent to an activating group) is 1. The van der Waals surface area contributed by atoms with Gasteiger partial charge >= 0.3 is 0 Å². The summed E-state index contributed by atoms with van der Waals surface area (Å²) in [5.74, 6) is 1.07.